The fraction of sp³-hybridized carbons (Fsp3) is 0. The number of carbonyl (C=O) groups is 1. The molecule has 0 aliphatic carbocycles. The molecule has 1 aromatic heterocycles. The van der Waals surface area contributed by atoms with Crippen molar-refractivity contribution in [3.63, 3.8) is 0 Å². The zero-order valence-electron chi connectivity index (χ0n) is 8.95. The summed E-state index contributed by atoms with van der Waals surface area (Å²) in [5.41, 5.74) is 1.13. The molecule has 6 heteroatoms. The van der Waals surface area contributed by atoms with Crippen molar-refractivity contribution in [2.24, 2.45) is 0 Å². The minimum absolute atomic E-state index is 0.250. The van der Waals surface area contributed by atoms with E-state index in [0.29, 0.717) is 10.6 Å². The van der Waals surface area contributed by atoms with E-state index in [9.17, 15) is 4.79 Å². The molecule has 0 saturated heterocycles. The number of nitrogens with zero attached hydrogens (tertiary/aromatic N) is 1. The Balaban J connectivity index is 2.22. The molecule has 3 nitrogen and oxygen atoms in total. The fourth-order valence-electron chi connectivity index (χ4n) is 1.33. The van der Waals surface area contributed by atoms with Crippen LogP contribution in [-0.2, 0) is 0 Å². The average molecular weight is 437 g/mol. The first-order chi connectivity index (χ1) is 8.58. The van der Waals surface area contributed by atoms with Crippen LogP contribution < -0.4 is 5.32 Å². The molecule has 0 spiro atoms. The summed E-state index contributed by atoms with van der Waals surface area (Å²) in [6.07, 6.45) is 2.98. The van der Waals surface area contributed by atoms with E-state index in [2.05, 4.69) is 48.8 Å². The number of nitrogens with one attached hydrogen (secondary N) is 1. The Morgan fingerprint density at radius 2 is 2.17 bits per heavy atom. The lowest BCUT2D eigenvalue weighted by atomic mass is 10.2. The molecule has 2 aromatic rings. The van der Waals surface area contributed by atoms with Gasteiger partial charge >= 0.3 is 0 Å². The van der Waals surface area contributed by atoms with Crippen molar-refractivity contribution in [3.8, 4) is 0 Å². The summed E-state index contributed by atoms with van der Waals surface area (Å²) in [7, 11) is 0. The van der Waals surface area contributed by atoms with Gasteiger partial charge in [-0.25, -0.2) is 0 Å². The Labute approximate surface area is 131 Å². The second kappa shape index (κ2) is 5.99. The van der Waals surface area contributed by atoms with Crippen LogP contribution in [0.4, 0.5) is 5.69 Å². The van der Waals surface area contributed by atoms with Crippen molar-refractivity contribution < 1.29 is 4.79 Å². The van der Waals surface area contributed by atoms with Gasteiger partial charge in [0.2, 0.25) is 0 Å². The van der Waals surface area contributed by atoms with Gasteiger partial charge in [0.25, 0.3) is 5.91 Å². The van der Waals surface area contributed by atoms with Gasteiger partial charge in [0.1, 0.15) is 0 Å². The van der Waals surface area contributed by atoms with E-state index in [1.165, 1.54) is 12.4 Å². The number of pyridine rings is 1. The molecular weight excluding hydrogens is 430 g/mol. The summed E-state index contributed by atoms with van der Waals surface area (Å²) in [6.45, 7) is 0. The third-order valence-corrected chi connectivity index (χ3v) is 4.82. The van der Waals surface area contributed by atoms with E-state index < -0.39 is 0 Å². The molecule has 0 unspecified atom stereocenters. The first-order valence-corrected chi connectivity index (χ1v) is 7.19. The van der Waals surface area contributed by atoms with Crippen LogP contribution in [0.2, 0.25) is 5.02 Å². The van der Waals surface area contributed by atoms with Crippen LogP contribution in [0.25, 0.3) is 0 Å². The molecule has 0 bridgehead atoms. The molecule has 0 aliphatic rings. The molecule has 1 heterocycles. The van der Waals surface area contributed by atoms with Gasteiger partial charge in [-0.05, 0) is 62.8 Å². The van der Waals surface area contributed by atoms with Crippen molar-refractivity contribution in [1.82, 2.24) is 4.98 Å². The molecule has 0 aliphatic heterocycles. The maximum atomic E-state index is 12.0. The number of rotatable bonds is 2. The van der Waals surface area contributed by atoms with Gasteiger partial charge in [0.15, 0.2) is 0 Å². The Bertz CT molecular complexity index is 606. The molecule has 0 fully saturated rings. The molecule has 0 atom stereocenters. The molecule has 0 radical (unpaired) electrons. The zero-order valence-corrected chi connectivity index (χ0v) is 13.5. The van der Waals surface area contributed by atoms with Crippen molar-refractivity contribution in [1.29, 1.82) is 0 Å². The second-order valence-corrected chi connectivity index (χ2v) is 5.86. The first kappa shape index (κ1) is 13.8. The van der Waals surface area contributed by atoms with Crippen molar-refractivity contribution in [2.45, 2.75) is 0 Å². The van der Waals surface area contributed by atoms with E-state index in [0.717, 1.165) is 13.7 Å². The summed E-state index contributed by atoms with van der Waals surface area (Å²) in [5.74, 6) is -0.250. The van der Waals surface area contributed by atoms with Crippen molar-refractivity contribution >= 4 is 61.7 Å². The molecule has 1 aromatic carbocycles. The smallest absolute Gasteiger partial charge is 0.257 e. The summed E-state index contributed by atoms with van der Waals surface area (Å²) < 4.78 is 2.01. The lowest BCUT2D eigenvalue weighted by Gasteiger charge is -2.07. The molecule has 1 amide bonds. The lowest BCUT2D eigenvalue weighted by molar-refractivity contribution is 0.102. The number of carbonyl (C=O) groups excluding carboxylic acids is 1. The van der Waals surface area contributed by atoms with Crippen LogP contribution in [0, 0.1) is 3.57 Å². The molecular formula is C12H7BrClIN2O. The number of hydrogen-bond acceptors (Lipinski definition) is 2. The van der Waals surface area contributed by atoms with Gasteiger partial charge < -0.3 is 5.32 Å². The first-order valence-electron chi connectivity index (χ1n) is 4.94. The van der Waals surface area contributed by atoms with Crippen LogP contribution in [0.1, 0.15) is 10.4 Å². The van der Waals surface area contributed by atoms with Crippen molar-refractivity contribution in [2.75, 3.05) is 5.32 Å². The van der Waals surface area contributed by atoms with Gasteiger partial charge in [-0.15, -0.1) is 0 Å². The Morgan fingerprint density at radius 3 is 2.83 bits per heavy atom. The van der Waals surface area contributed by atoms with E-state index >= 15 is 0 Å². The number of aromatic nitrogens is 1. The van der Waals surface area contributed by atoms with Gasteiger partial charge in [-0.1, -0.05) is 11.6 Å². The molecule has 18 heavy (non-hydrogen) atoms. The Morgan fingerprint density at radius 1 is 1.39 bits per heavy atom. The number of benzene rings is 1. The van der Waals surface area contributed by atoms with Crippen LogP contribution >= 0.6 is 50.1 Å². The summed E-state index contributed by atoms with van der Waals surface area (Å²) in [5, 5.41) is 3.13. The summed E-state index contributed by atoms with van der Waals surface area (Å²) in [6, 6.07) is 7.16. The van der Waals surface area contributed by atoms with Gasteiger partial charge in [0, 0.05) is 26.1 Å². The van der Waals surface area contributed by atoms with Crippen LogP contribution in [0.15, 0.2) is 41.1 Å². The van der Waals surface area contributed by atoms with Crippen LogP contribution in [0.5, 0.6) is 0 Å². The normalized spacial score (nSPS) is 10.2. The maximum absolute atomic E-state index is 12.0. The molecule has 1 N–H and O–H groups in total. The average Bonchev–Trinajstić information content (AvgIpc) is 2.34. The monoisotopic (exact) mass is 436 g/mol. The predicted molar refractivity (Wildman–Crippen MR) is 84.1 cm³/mol. The highest BCUT2D eigenvalue weighted by molar-refractivity contribution is 14.1. The van der Waals surface area contributed by atoms with Crippen LogP contribution in [0.3, 0.4) is 0 Å². The van der Waals surface area contributed by atoms with E-state index in [4.69, 9.17) is 11.6 Å². The van der Waals surface area contributed by atoms with Gasteiger partial charge in [-0.2, -0.15) is 0 Å². The quantitative estimate of drug-likeness (QED) is 0.710. The Kier molecular flexibility index (Phi) is 4.58. The zero-order chi connectivity index (χ0) is 13.1. The van der Waals surface area contributed by atoms with Crippen molar-refractivity contribution in [3.05, 3.63) is 55.3 Å². The number of hydrogen-bond donors (Lipinski definition) is 1. The number of amides is 1. The highest BCUT2D eigenvalue weighted by Crippen LogP contribution is 2.23. The predicted octanol–water partition coefficient (Wildman–Crippen LogP) is 4.35. The fourth-order valence-corrected chi connectivity index (χ4v) is 2.30. The van der Waals surface area contributed by atoms with Crippen LogP contribution in [-0.4, -0.2) is 10.9 Å². The third-order valence-electron chi connectivity index (χ3n) is 2.19. The summed E-state index contributed by atoms with van der Waals surface area (Å²) >= 11 is 11.5. The second-order valence-electron chi connectivity index (χ2n) is 3.44. The molecule has 2 rings (SSSR count). The molecule has 0 saturated carbocycles. The van der Waals surface area contributed by atoms with E-state index in [1.807, 2.05) is 18.2 Å². The molecule has 92 valence electrons. The maximum Gasteiger partial charge on any atom is 0.257 e. The minimum Gasteiger partial charge on any atom is -0.322 e. The highest BCUT2D eigenvalue weighted by atomic mass is 127. The largest absolute Gasteiger partial charge is 0.322 e. The number of halogens is 3. The topological polar surface area (TPSA) is 42.0 Å². The van der Waals surface area contributed by atoms with E-state index in [-0.39, 0.29) is 5.91 Å². The lowest BCUT2D eigenvalue weighted by Crippen LogP contribution is -2.12. The van der Waals surface area contributed by atoms with Gasteiger partial charge in [0.05, 0.1) is 10.6 Å². The number of anilines is 1. The SMILES string of the molecule is O=C(Nc1ccc(Br)c(I)c1)c1ccncc1Cl. The Hall–Kier alpha value is -0.660. The third kappa shape index (κ3) is 3.21. The highest BCUT2D eigenvalue weighted by Gasteiger charge is 2.10. The standard InChI is InChI=1S/C12H7BrClIN2O/c13-9-2-1-7(5-11(9)15)17-12(18)8-3-4-16-6-10(8)14/h1-6H,(H,17,18). The van der Waals surface area contributed by atoms with Gasteiger partial charge in [-0.3, -0.25) is 9.78 Å². The minimum atomic E-state index is -0.250. The van der Waals surface area contributed by atoms with E-state index in [1.54, 1.807) is 6.07 Å². The summed E-state index contributed by atoms with van der Waals surface area (Å²) in [4.78, 5) is 15.8.